The Hall–Kier alpha value is -2.82. The van der Waals surface area contributed by atoms with E-state index in [0.29, 0.717) is 23.4 Å². The van der Waals surface area contributed by atoms with Crippen molar-refractivity contribution in [3.63, 3.8) is 0 Å². The van der Waals surface area contributed by atoms with E-state index in [-0.39, 0.29) is 11.8 Å². The number of ether oxygens (including phenoxy) is 1. The van der Waals surface area contributed by atoms with Crippen molar-refractivity contribution >= 4 is 17.5 Å². The van der Waals surface area contributed by atoms with Gasteiger partial charge < -0.3 is 15.0 Å². The fraction of sp³-hybridized carbons (Fsp3) is 0.417. The Morgan fingerprint density at radius 1 is 1.00 bits per heavy atom. The minimum Gasteiger partial charge on any atom is -0.481 e. The van der Waals surface area contributed by atoms with Crippen LogP contribution in [-0.2, 0) is 11.2 Å². The number of anilines is 1. The third-order valence-electron chi connectivity index (χ3n) is 5.33. The van der Waals surface area contributed by atoms with Gasteiger partial charge in [-0.2, -0.15) is 0 Å². The van der Waals surface area contributed by atoms with Crippen molar-refractivity contribution in [3.8, 4) is 5.75 Å². The second-order valence-corrected chi connectivity index (χ2v) is 7.40. The standard InChI is InChI=1S/C24H30N2O3/c1-3-18-12-14-19(15-13-18)29-22(4-2)23(27)25-21-11-7-6-10-20(21)24(28)26-16-8-5-9-17-26/h6-7,10-15,22H,3-5,8-9,16-17H2,1-2H3,(H,25,27). The summed E-state index contributed by atoms with van der Waals surface area (Å²) in [4.78, 5) is 27.7. The maximum Gasteiger partial charge on any atom is 0.265 e. The Morgan fingerprint density at radius 2 is 1.69 bits per heavy atom. The molecular formula is C24H30N2O3. The normalized spacial score (nSPS) is 14.9. The van der Waals surface area contributed by atoms with Gasteiger partial charge in [-0.1, -0.05) is 38.1 Å². The molecule has 1 unspecified atom stereocenters. The van der Waals surface area contributed by atoms with Crippen molar-refractivity contribution in [3.05, 3.63) is 59.7 Å². The molecule has 0 saturated carbocycles. The number of carbonyl (C=O) groups is 2. The quantitative estimate of drug-likeness (QED) is 0.742. The molecule has 1 N–H and O–H groups in total. The number of benzene rings is 2. The van der Waals surface area contributed by atoms with Gasteiger partial charge in [-0.15, -0.1) is 0 Å². The minimum absolute atomic E-state index is 0.0234. The number of aryl methyl sites for hydroxylation is 1. The van der Waals surface area contributed by atoms with Gasteiger partial charge in [-0.3, -0.25) is 9.59 Å². The topological polar surface area (TPSA) is 58.6 Å². The van der Waals surface area contributed by atoms with Gasteiger partial charge in [0.1, 0.15) is 5.75 Å². The Kier molecular flexibility index (Phi) is 7.28. The number of likely N-dealkylation sites (tertiary alicyclic amines) is 1. The maximum atomic E-state index is 12.9. The zero-order valence-corrected chi connectivity index (χ0v) is 17.3. The van der Waals surface area contributed by atoms with Gasteiger partial charge in [0.05, 0.1) is 11.3 Å². The molecule has 0 bridgehead atoms. The van der Waals surface area contributed by atoms with Crippen LogP contribution < -0.4 is 10.1 Å². The largest absolute Gasteiger partial charge is 0.481 e. The first kappa shape index (κ1) is 20.9. The molecule has 3 rings (SSSR count). The Balaban J connectivity index is 1.70. The predicted octanol–water partition coefficient (Wildman–Crippen LogP) is 4.67. The van der Waals surface area contributed by atoms with Crippen molar-refractivity contribution in [2.75, 3.05) is 18.4 Å². The van der Waals surface area contributed by atoms with E-state index in [2.05, 4.69) is 12.2 Å². The molecule has 2 amide bonds. The number of hydrogen-bond donors (Lipinski definition) is 1. The van der Waals surface area contributed by atoms with Gasteiger partial charge >= 0.3 is 0 Å². The van der Waals surface area contributed by atoms with Crippen LogP contribution in [0.2, 0.25) is 0 Å². The third kappa shape index (κ3) is 5.37. The van der Waals surface area contributed by atoms with Crippen LogP contribution in [0.5, 0.6) is 5.75 Å². The number of piperidine rings is 1. The van der Waals surface area contributed by atoms with Crippen molar-refractivity contribution in [2.24, 2.45) is 0 Å². The van der Waals surface area contributed by atoms with Crippen molar-refractivity contribution in [2.45, 2.75) is 52.1 Å². The summed E-state index contributed by atoms with van der Waals surface area (Å²) in [5.41, 5.74) is 2.29. The van der Waals surface area contributed by atoms with Gasteiger partial charge in [0.2, 0.25) is 0 Å². The van der Waals surface area contributed by atoms with Gasteiger partial charge in [-0.05, 0) is 61.9 Å². The highest BCUT2D eigenvalue weighted by molar-refractivity contribution is 6.04. The summed E-state index contributed by atoms with van der Waals surface area (Å²) in [5.74, 6) is 0.401. The maximum absolute atomic E-state index is 12.9. The highest BCUT2D eigenvalue weighted by Gasteiger charge is 2.24. The molecule has 1 fully saturated rings. The highest BCUT2D eigenvalue weighted by Crippen LogP contribution is 2.21. The molecule has 0 radical (unpaired) electrons. The van der Waals surface area contributed by atoms with Crippen LogP contribution in [0.15, 0.2) is 48.5 Å². The number of amides is 2. The monoisotopic (exact) mass is 394 g/mol. The average Bonchev–Trinajstić information content (AvgIpc) is 2.78. The number of para-hydroxylation sites is 1. The van der Waals surface area contributed by atoms with Gasteiger partial charge in [0.15, 0.2) is 6.10 Å². The van der Waals surface area contributed by atoms with E-state index < -0.39 is 6.10 Å². The molecular weight excluding hydrogens is 364 g/mol. The fourth-order valence-electron chi connectivity index (χ4n) is 3.55. The summed E-state index contributed by atoms with van der Waals surface area (Å²) in [6, 6.07) is 15.0. The molecule has 0 spiro atoms. The lowest BCUT2D eigenvalue weighted by atomic mass is 10.1. The first-order chi connectivity index (χ1) is 14.1. The lowest BCUT2D eigenvalue weighted by Crippen LogP contribution is -2.37. The Labute approximate surface area is 173 Å². The van der Waals surface area contributed by atoms with Crippen LogP contribution in [-0.4, -0.2) is 35.9 Å². The van der Waals surface area contributed by atoms with Gasteiger partial charge in [0, 0.05) is 13.1 Å². The zero-order valence-electron chi connectivity index (χ0n) is 17.3. The lowest BCUT2D eigenvalue weighted by molar-refractivity contribution is -0.122. The zero-order chi connectivity index (χ0) is 20.6. The van der Waals surface area contributed by atoms with Crippen LogP contribution in [0.1, 0.15) is 55.5 Å². The smallest absolute Gasteiger partial charge is 0.265 e. The Bertz CT molecular complexity index is 826. The summed E-state index contributed by atoms with van der Waals surface area (Å²) in [5, 5.41) is 2.91. The molecule has 1 heterocycles. The number of carbonyl (C=O) groups excluding carboxylic acids is 2. The molecule has 0 aliphatic carbocycles. The first-order valence-electron chi connectivity index (χ1n) is 10.6. The van der Waals surface area contributed by atoms with Gasteiger partial charge in [0.25, 0.3) is 11.8 Å². The lowest BCUT2D eigenvalue weighted by Gasteiger charge is -2.27. The third-order valence-corrected chi connectivity index (χ3v) is 5.33. The van der Waals surface area contributed by atoms with Crippen LogP contribution in [0.3, 0.4) is 0 Å². The summed E-state index contributed by atoms with van der Waals surface area (Å²) in [6.45, 7) is 5.56. The van der Waals surface area contributed by atoms with E-state index in [1.807, 2.05) is 48.2 Å². The number of rotatable bonds is 7. The van der Waals surface area contributed by atoms with Gasteiger partial charge in [-0.25, -0.2) is 0 Å². The number of nitrogens with zero attached hydrogens (tertiary/aromatic N) is 1. The molecule has 2 aromatic rings. The molecule has 0 aromatic heterocycles. The van der Waals surface area contributed by atoms with Crippen molar-refractivity contribution in [1.29, 1.82) is 0 Å². The second kappa shape index (κ2) is 10.1. The molecule has 1 saturated heterocycles. The van der Waals surface area contributed by atoms with E-state index in [1.54, 1.807) is 12.1 Å². The predicted molar refractivity (Wildman–Crippen MR) is 115 cm³/mol. The van der Waals surface area contributed by atoms with Crippen molar-refractivity contribution < 1.29 is 14.3 Å². The first-order valence-corrected chi connectivity index (χ1v) is 10.6. The highest BCUT2D eigenvalue weighted by atomic mass is 16.5. The molecule has 2 aromatic carbocycles. The molecule has 1 atom stereocenters. The van der Waals surface area contributed by atoms with Crippen LogP contribution in [0.25, 0.3) is 0 Å². The molecule has 5 heteroatoms. The van der Waals surface area contributed by atoms with Crippen LogP contribution in [0.4, 0.5) is 5.69 Å². The van der Waals surface area contributed by atoms with Crippen LogP contribution in [0, 0.1) is 0 Å². The summed E-state index contributed by atoms with van der Waals surface area (Å²) in [7, 11) is 0. The molecule has 29 heavy (non-hydrogen) atoms. The summed E-state index contributed by atoms with van der Waals surface area (Å²) < 4.78 is 5.91. The minimum atomic E-state index is -0.624. The van der Waals surface area contributed by atoms with E-state index >= 15 is 0 Å². The summed E-state index contributed by atoms with van der Waals surface area (Å²) >= 11 is 0. The Morgan fingerprint density at radius 3 is 2.34 bits per heavy atom. The number of nitrogens with one attached hydrogen (secondary N) is 1. The van der Waals surface area contributed by atoms with E-state index in [0.717, 1.165) is 38.8 Å². The van der Waals surface area contributed by atoms with E-state index in [1.165, 1.54) is 5.56 Å². The summed E-state index contributed by atoms with van der Waals surface area (Å²) in [6.07, 6.45) is 4.09. The molecule has 5 nitrogen and oxygen atoms in total. The van der Waals surface area contributed by atoms with E-state index in [9.17, 15) is 9.59 Å². The SMILES string of the molecule is CCc1ccc(OC(CC)C(=O)Nc2ccccc2C(=O)N2CCCCC2)cc1. The van der Waals surface area contributed by atoms with Crippen LogP contribution >= 0.6 is 0 Å². The average molecular weight is 395 g/mol. The molecule has 1 aliphatic heterocycles. The second-order valence-electron chi connectivity index (χ2n) is 7.40. The van der Waals surface area contributed by atoms with Crippen molar-refractivity contribution in [1.82, 2.24) is 4.90 Å². The van der Waals surface area contributed by atoms with E-state index in [4.69, 9.17) is 4.74 Å². The fourth-order valence-corrected chi connectivity index (χ4v) is 3.55. The molecule has 154 valence electrons. The number of hydrogen-bond acceptors (Lipinski definition) is 3. The molecule has 1 aliphatic rings.